The second-order valence-electron chi connectivity index (χ2n) is 7.74. The van der Waals surface area contributed by atoms with Gasteiger partial charge >= 0.3 is 0 Å². The minimum Gasteiger partial charge on any atom is -0.491 e. The summed E-state index contributed by atoms with van der Waals surface area (Å²) in [6, 6.07) is 17.5. The van der Waals surface area contributed by atoms with Gasteiger partial charge in [0.15, 0.2) is 0 Å². The predicted octanol–water partition coefficient (Wildman–Crippen LogP) is 4.14. The number of rotatable bonds is 9. The molecule has 0 heterocycles. The molecule has 0 aliphatic heterocycles. The number of ether oxygens (including phenoxy) is 1. The molecule has 0 fully saturated rings. The molecule has 3 aromatic rings. The Labute approximate surface area is 194 Å². The van der Waals surface area contributed by atoms with E-state index in [0.29, 0.717) is 0 Å². The minimum absolute atomic E-state index is 0.0255. The Morgan fingerprint density at radius 1 is 0.970 bits per heavy atom. The highest BCUT2D eigenvalue weighted by Crippen LogP contribution is 2.26. The van der Waals surface area contributed by atoms with Gasteiger partial charge in [-0.05, 0) is 62.2 Å². The molecular weight excluding hydrogens is 443 g/mol. The van der Waals surface area contributed by atoms with Gasteiger partial charge in [-0.25, -0.2) is 12.8 Å². The molecule has 1 amide bonds. The second kappa shape index (κ2) is 10.5. The normalized spacial score (nSPS) is 11.2. The van der Waals surface area contributed by atoms with Crippen LogP contribution in [0.1, 0.15) is 16.7 Å². The molecule has 0 saturated carbocycles. The summed E-state index contributed by atoms with van der Waals surface area (Å²) in [7, 11) is -4.17. The summed E-state index contributed by atoms with van der Waals surface area (Å²) in [4.78, 5) is 12.6. The van der Waals surface area contributed by atoms with Crippen molar-refractivity contribution in [2.24, 2.45) is 0 Å². The lowest BCUT2D eigenvalue weighted by Crippen LogP contribution is -2.42. The molecule has 0 radical (unpaired) electrons. The first-order valence-corrected chi connectivity index (χ1v) is 11.9. The first-order chi connectivity index (χ1) is 15.7. The molecule has 1 N–H and O–H groups in total. The number of anilines is 1. The Bertz CT molecular complexity index is 1230. The van der Waals surface area contributed by atoms with Gasteiger partial charge in [-0.2, -0.15) is 0 Å². The zero-order chi connectivity index (χ0) is 24.0. The van der Waals surface area contributed by atoms with E-state index in [9.17, 15) is 17.6 Å². The van der Waals surface area contributed by atoms with E-state index in [0.717, 1.165) is 32.8 Å². The summed E-state index contributed by atoms with van der Waals surface area (Å²) < 4.78 is 47.6. The average molecular weight is 471 g/mol. The highest BCUT2D eigenvalue weighted by atomic mass is 32.2. The Morgan fingerprint density at radius 2 is 1.64 bits per heavy atom. The molecule has 3 rings (SSSR count). The van der Waals surface area contributed by atoms with Crippen LogP contribution in [0.4, 0.5) is 10.1 Å². The van der Waals surface area contributed by atoms with Crippen LogP contribution in [-0.2, 0) is 14.8 Å². The lowest BCUT2D eigenvalue weighted by Gasteiger charge is -2.24. The zero-order valence-electron chi connectivity index (χ0n) is 18.8. The second-order valence-corrected chi connectivity index (χ2v) is 9.61. The summed E-state index contributed by atoms with van der Waals surface area (Å²) in [6.07, 6.45) is 0. The number of hydrogen-bond donors (Lipinski definition) is 1. The molecule has 33 heavy (non-hydrogen) atoms. The van der Waals surface area contributed by atoms with Crippen molar-refractivity contribution in [1.29, 1.82) is 0 Å². The molecule has 8 heteroatoms. The third-order valence-corrected chi connectivity index (χ3v) is 6.82. The maximum atomic E-state index is 14.5. The first kappa shape index (κ1) is 24.3. The van der Waals surface area contributed by atoms with E-state index >= 15 is 0 Å². The molecule has 174 valence electrons. The number of halogens is 1. The van der Waals surface area contributed by atoms with Crippen molar-refractivity contribution in [3.8, 4) is 5.75 Å². The number of para-hydroxylation sites is 1. The van der Waals surface area contributed by atoms with E-state index in [1.165, 1.54) is 30.3 Å². The third kappa shape index (κ3) is 6.10. The topological polar surface area (TPSA) is 75.7 Å². The fourth-order valence-electron chi connectivity index (χ4n) is 3.19. The van der Waals surface area contributed by atoms with E-state index in [1.54, 1.807) is 12.1 Å². The number of nitrogens with zero attached hydrogens (tertiary/aromatic N) is 1. The van der Waals surface area contributed by atoms with Crippen LogP contribution in [0.25, 0.3) is 0 Å². The van der Waals surface area contributed by atoms with Crippen molar-refractivity contribution < 1.29 is 22.3 Å². The molecular formula is C25H27FN2O4S. The maximum Gasteiger partial charge on any atom is 0.264 e. The molecule has 6 nitrogen and oxygen atoms in total. The fourth-order valence-corrected chi connectivity index (χ4v) is 4.62. The van der Waals surface area contributed by atoms with Crippen molar-refractivity contribution >= 4 is 21.6 Å². The number of sulfonamides is 1. The van der Waals surface area contributed by atoms with Gasteiger partial charge in [0.25, 0.3) is 10.0 Å². The van der Waals surface area contributed by atoms with Crippen LogP contribution >= 0.6 is 0 Å². The Balaban J connectivity index is 1.72. The number of carbonyl (C=O) groups is 1. The predicted molar refractivity (Wildman–Crippen MR) is 127 cm³/mol. The number of hydrogen-bond acceptors (Lipinski definition) is 4. The summed E-state index contributed by atoms with van der Waals surface area (Å²) in [6.45, 7) is 5.52. The van der Waals surface area contributed by atoms with Crippen LogP contribution in [0, 0.1) is 26.6 Å². The van der Waals surface area contributed by atoms with Gasteiger partial charge in [0.05, 0.1) is 17.1 Å². The van der Waals surface area contributed by atoms with Gasteiger partial charge < -0.3 is 10.1 Å². The number of amides is 1. The van der Waals surface area contributed by atoms with E-state index in [2.05, 4.69) is 5.32 Å². The van der Waals surface area contributed by atoms with Crippen LogP contribution < -0.4 is 14.4 Å². The van der Waals surface area contributed by atoms with Crippen molar-refractivity contribution in [3.63, 3.8) is 0 Å². The van der Waals surface area contributed by atoms with Crippen molar-refractivity contribution in [3.05, 3.63) is 89.2 Å². The van der Waals surface area contributed by atoms with Gasteiger partial charge in [-0.1, -0.05) is 42.0 Å². The lowest BCUT2D eigenvalue weighted by atomic mass is 10.1. The molecule has 0 aliphatic carbocycles. The lowest BCUT2D eigenvalue weighted by molar-refractivity contribution is -0.119. The Kier molecular flexibility index (Phi) is 7.71. The Morgan fingerprint density at radius 3 is 2.33 bits per heavy atom. The summed E-state index contributed by atoms with van der Waals surface area (Å²) in [5.74, 6) is -0.586. The van der Waals surface area contributed by atoms with E-state index < -0.39 is 28.3 Å². The van der Waals surface area contributed by atoms with E-state index in [-0.39, 0.29) is 23.7 Å². The number of carbonyl (C=O) groups excluding carboxylic acids is 1. The SMILES string of the molecule is Cc1ccc(S(=O)(=O)N(CC(=O)NCCOc2cc(C)ccc2C)c2ccccc2F)cc1. The number of nitrogens with one attached hydrogen (secondary N) is 1. The highest BCUT2D eigenvalue weighted by molar-refractivity contribution is 7.92. The molecule has 0 aliphatic rings. The molecule has 0 saturated heterocycles. The van der Waals surface area contributed by atoms with Crippen LogP contribution in [0.5, 0.6) is 5.75 Å². The van der Waals surface area contributed by atoms with Crippen LogP contribution in [0.2, 0.25) is 0 Å². The fraction of sp³-hybridized carbons (Fsp3) is 0.240. The van der Waals surface area contributed by atoms with E-state index in [1.807, 2.05) is 39.0 Å². The van der Waals surface area contributed by atoms with Gasteiger partial charge in [0, 0.05) is 0 Å². The average Bonchev–Trinajstić information content (AvgIpc) is 2.78. The molecule has 0 aromatic heterocycles. The van der Waals surface area contributed by atoms with Crippen molar-refractivity contribution in [1.82, 2.24) is 5.32 Å². The van der Waals surface area contributed by atoms with Crippen molar-refractivity contribution in [2.45, 2.75) is 25.7 Å². The van der Waals surface area contributed by atoms with Gasteiger partial charge in [-0.3, -0.25) is 9.10 Å². The Hall–Kier alpha value is -3.39. The minimum atomic E-state index is -4.17. The zero-order valence-corrected chi connectivity index (χ0v) is 19.7. The first-order valence-electron chi connectivity index (χ1n) is 10.5. The van der Waals surface area contributed by atoms with Crippen LogP contribution in [0.15, 0.2) is 71.6 Å². The molecule has 0 spiro atoms. The number of benzene rings is 3. The van der Waals surface area contributed by atoms with Gasteiger partial charge in [0.1, 0.15) is 24.7 Å². The van der Waals surface area contributed by atoms with Crippen molar-refractivity contribution in [2.75, 3.05) is 24.0 Å². The monoisotopic (exact) mass is 470 g/mol. The largest absolute Gasteiger partial charge is 0.491 e. The van der Waals surface area contributed by atoms with Crippen LogP contribution in [-0.4, -0.2) is 34.0 Å². The molecule has 3 aromatic carbocycles. The number of aryl methyl sites for hydroxylation is 3. The quantitative estimate of drug-likeness (QED) is 0.477. The van der Waals surface area contributed by atoms with Gasteiger partial charge in [-0.15, -0.1) is 0 Å². The highest BCUT2D eigenvalue weighted by Gasteiger charge is 2.29. The smallest absolute Gasteiger partial charge is 0.264 e. The van der Waals surface area contributed by atoms with Crippen LogP contribution in [0.3, 0.4) is 0 Å². The summed E-state index contributed by atoms with van der Waals surface area (Å²) in [5.41, 5.74) is 2.72. The van der Waals surface area contributed by atoms with Gasteiger partial charge in [0.2, 0.25) is 5.91 Å². The molecule has 0 unspecified atom stereocenters. The standard InChI is InChI=1S/C25H27FN2O4S/c1-18-9-12-21(13-10-18)33(30,31)28(23-7-5-4-6-22(23)26)17-25(29)27-14-15-32-24-16-19(2)8-11-20(24)3/h4-13,16H,14-15,17H2,1-3H3,(H,27,29). The maximum absolute atomic E-state index is 14.5. The third-order valence-electron chi connectivity index (χ3n) is 5.04. The van der Waals surface area contributed by atoms with E-state index in [4.69, 9.17) is 4.74 Å². The molecule has 0 bridgehead atoms. The summed E-state index contributed by atoms with van der Waals surface area (Å²) >= 11 is 0. The molecule has 0 atom stereocenters. The summed E-state index contributed by atoms with van der Waals surface area (Å²) in [5, 5.41) is 2.65.